The van der Waals surface area contributed by atoms with Crippen molar-refractivity contribution in [1.29, 1.82) is 0 Å². The number of carbonyl (C=O) groups is 1. The summed E-state index contributed by atoms with van der Waals surface area (Å²) in [4.78, 5) is 20.4. The molecule has 13 heteroatoms. The van der Waals surface area contributed by atoms with Gasteiger partial charge in [0.1, 0.15) is 12.7 Å². The molecule has 0 radical (unpaired) electrons. The van der Waals surface area contributed by atoms with Crippen LogP contribution in [0.1, 0.15) is 15.9 Å². The molecule has 0 saturated carbocycles. The zero-order chi connectivity index (χ0) is 24.3. The molecule has 174 valence electrons. The number of nitrogens with one attached hydrogen (secondary N) is 2. The van der Waals surface area contributed by atoms with E-state index in [1.54, 1.807) is 12.1 Å². The number of halogens is 3. The van der Waals surface area contributed by atoms with Crippen LogP contribution in [0.4, 0.5) is 24.5 Å². The number of rotatable bonds is 6. The number of hydrogen-bond donors (Lipinski definition) is 2. The Morgan fingerprint density at radius 3 is 2.44 bits per heavy atom. The zero-order valence-electron chi connectivity index (χ0n) is 17.1. The monoisotopic (exact) mass is 488 g/mol. The Hall–Kier alpha value is -4.26. The number of pyridine rings is 1. The molecule has 0 aliphatic rings. The van der Waals surface area contributed by atoms with Crippen molar-refractivity contribution in [3.8, 4) is 5.82 Å². The number of aromatic nitrogens is 4. The average molecular weight is 488 g/mol. The molecule has 34 heavy (non-hydrogen) atoms. The number of nitrogens with zero attached hydrogens (tertiary/aromatic N) is 4. The first-order valence-corrected chi connectivity index (χ1v) is 11.0. The Morgan fingerprint density at radius 2 is 1.76 bits per heavy atom. The summed E-state index contributed by atoms with van der Waals surface area (Å²) < 4.78 is 67.3. The van der Waals surface area contributed by atoms with Gasteiger partial charge in [0.2, 0.25) is 0 Å². The van der Waals surface area contributed by atoms with E-state index >= 15 is 0 Å². The van der Waals surface area contributed by atoms with E-state index in [4.69, 9.17) is 0 Å². The third-order valence-electron chi connectivity index (χ3n) is 4.54. The molecule has 0 aliphatic heterocycles. The summed E-state index contributed by atoms with van der Waals surface area (Å²) in [5.41, 5.74) is -0.735. The average Bonchev–Trinajstić information content (AvgIpc) is 3.34. The number of carbonyl (C=O) groups excluding carboxylic acids is 1. The predicted molar refractivity (Wildman–Crippen MR) is 116 cm³/mol. The van der Waals surface area contributed by atoms with Crippen LogP contribution in [0, 0.1) is 0 Å². The Bertz CT molecular complexity index is 1420. The van der Waals surface area contributed by atoms with Crippen molar-refractivity contribution >= 4 is 27.3 Å². The summed E-state index contributed by atoms with van der Waals surface area (Å²) in [7, 11) is -4.19. The predicted octanol–water partition coefficient (Wildman–Crippen LogP) is 3.73. The summed E-state index contributed by atoms with van der Waals surface area (Å²) in [6.07, 6.45) is -0.371. The van der Waals surface area contributed by atoms with Crippen LogP contribution in [-0.4, -0.2) is 34.1 Å². The second-order valence-corrected chi connectivity index (χ2v) is 8.56. The number of alkyl halides is 3. The molecular formula is C21H15F3N6O3S. The lowest BCUT2D eigenvalue weighted by Crippen LogP contribution is -2.16. The standard InChI is InChI=1S/C21H15F3N6O3S/c22-21(23,24)15-3-1-4-16(11-15)29-34(32,33)17-8-6-14(7-9-17)20(31)28-18-5-2-10-26-19(18)30-13-25-12-27-30/h1-13,29H,(H,28,31). The highest BCUT2D eigenvalue weighted by molar-refractivity contribution is 7.92. The second-order valence-electron chi connectivity index (χ2n) is 6.88. The molecule has 0 atom stereocenters. The molecule has 9 nitrogen and oxygen atoms in total. The minimum absolute atomic E-state index is 0.145. The Kier molecular flexibility index (Phi) is 6.03. The van der Waals surface area contributed by atoms with Gasteiger partial charge in [-0.15, -0.1) is 0 Å². The number of benzene rings is 2. The Balaban J connectivity index is 1.51. The zero-order valence-corrected chi connectivity index (χ0v) is 17.9. The van der Waals surface area contributed by atoms with Crippen LogP contribution >= 0.6 is 0 Å². The van der Waals surface area contributed by atoms with Crippen LogP contribution in [-0.2, 0) is 16.2 Å². The van der Waals surface area contributed by atoms with E-state index in [2.05, 4.69) is 25.1 Å². The van der Waals surface area contributed by atoms with Gasteiger partial charge in [-0.25, -0.2) is 23.1 Å². The molecule has 2 heterocycles. The van der Waals surface area contributed by atoms with Crippen molar-refractivity contribution in [2.45, 2.75) is 11.1 Å². The SMILES string of the molecule is O=C(Nc1cccnc1-n1cncn1)c1ccc(S(=O)(=O)Nc2cccc(C(F)(F)F)c2)cc1. The van der Waals surface area contributed by atoms with Gasteiger partial charge >= 0.3 is 6.18 Å². The molecule has 2 aromatic carbocycles. The fourth-order valence-corrected chi connectivity index (χ4v) is 4.00. The Labute approximate surface area is 191 Å². The molecule has 1 amide bonds. The summed E-state index contributed by atoms with van der Waals surface area (Å²) >= 11 is 0. The number of anilines is 2. The number of hydrogen-bond acceptors (Lipinski definition) is 6. The highest BCUT2D eigenvalue weighted by atomic mass is 32.2. The molecule has 0 bridgehead atoms. The van der Waals surface area contributed by atoms with Gasteiger partial charge in [-0.3, -0.25) is 9.52 Å². The summed E-state index contributed by atoms with van der Waals surface area (Å²) in [5, 5.41) is 6.65. The fourth-order valence-electron chi connectivity index (χ4n) is 2.95. The maximum Gasteiger partial charge on any atom is 0.416 e. The van der Waals surface area contributed by atoms with Crippen molar-refractivity contribution in [2.24, 2.45) is 0 Å². The van der Waals surface area contributed by atoms with Gasteiger partial charge in [0.25, 0.3) is 15.9 Å². The number of amides is 1. The molecular weight excluding hydrogens is 473 g/mol. The van der Waals surface area contributed by atoms with E-state index in [0.29, 0.717) is 17.6 Å². The topological polar surface area (TPSA) is 119 Å². The molecule has 4 aromatic rings. The summed E-state index contributed by atoms with van der Waals surface area (Å²) in [6.45, 7) is 0. The first kappa shape index (κ1) is 22.9. The van der Waals surface area contributed by atoms with E-state index in [1.165, 1.54) is 53.9 Å². The van der Waals surface area contributed by atoms with Crippen molar-refractivity contribution in [3.05, 3.63) is 90.6 Å². The van der Waals surface area contributed by atoms with E-state index < -0.39 is 27.7 Å². The molecule has 0 spiro atoms. The van der Waals surface area contributed by atoms with Gasteiger partial charge in [-0.1, -0.05) is 6.07 Å². The van der Waals surface area contributed by atoms with E-state index in [9.17, 15) is 26.4 Å². The minimum Gasteiger partial charge on any atom is -0.319 e. The highest BCUT2D eigenvalue weighted by Gasteiger charge is 2.30. The van der Waals surface area contributed by atoms with Gasteiger partial charge in [0, 0.05) is 17.4 Å². The van der Waals surface area contributed by atoms with Crippen LogP contribution in [0.25, 0.3) is 5.82 Å². The summed E-state index contributed by atoms with van der Waals surface area (Å²) in [6, 6.07) is 12.0. The maximum absolute atomic E-state index is 12.9. The van der Waals surface area contributed by atoms with E-state index in [-0.39, 0.29) is 16.1 Å². The third kappa shape index (κ3) is 5.04. The lowest BCUT2D eigenvalue weighted by molar-refractivity contribution is -0.137. The smallest absolute Gasteiger partial charge is 0.319 e. The van der Waals surface area contributed by atoms with Crippen LogP contribution in [0.5, 0.6) is 0 Å². The molecule has 0 unspecified atom stereocenters. The van der Waals surface area contributed by atoms with Gasteiger partial charge in [0.15, 0.2) is 5.82 Å². The minimum atomic E-state index is -4.61. The normalized spacial score (nSPS) is 11.7. The maximum atomic E-state index is 12.9. The first-order valence-electron chi connectivity index (χ1n) is 9.55. The van der Waals surface area contributed by atoms with Crippen LogP contribution in [0.3, 0.4) is 0 Å². The lowest BCUT2D eigenvalue weighted by Gasteiger charge is -2.12. The first-order chi connectivity index (χ1) is 16.1. The van der Waals surface area contributed by atoms with Crippen LogP contribution in [0.15, 0.2) is 84.4 Å². The molecule has 0 saturated heterocycles. The quantitative estimate of drug-likeness (QED) is 0.427. The summed E-state index contributed by atoms with van der Waals surface area (Å²) in [5.74, 6) is -0.206. The van der Waals surface area contributed by atoms with Gasteiger partial charge in [-0.05, 0) is 54.6 Å². The van der Waals surface area contributed by atoms with Crippen LogP contribution < -0.4 is 10.0 Å². The van der Waals surface area contributed by atoms with Crippen molar-refractivity contribution in [1.82, 2.24) is 19.7 Å². The number of sulfonamides is 1. The van der Waals surface area contributed by atoms with Gasteiger partial charge in [0.05, 0.1) is 16.1 Å². The van der Waals surface area contributed by atoms with Crippen molar-refractivity contribution < 1.29 is 26.4 Å². The van der Waals surface area contributed by atoms with Crippen molar-refractivity contribution in [2.75, 3.05) is 10.0 Å². The second kappa shape index (κ2) is 8.94. The fraction of sp³-hybridized carbons (Fsp3) is 0.0476. The van der Waals surface area contributed by atoms with Crippen LogP contribution in [0.2, 0.25) is 0 Å². The Morgan fingerprint density at radius 1 is 1.00 bits per heavy atom. The molecule has 4 rings (SSSR count). The molecule has 2 N–H and O–H groups in total. The highest BCUT2D eigenvalue weighted by Crippen LogP contribution is 2.31. The van der Waals surface area contributed by atoms with Crippen molar-refractivity contribution in [3.63, 3.8) is 0 Å². The third-order valence-corrected chi connectivity index (χ3v) is 5.94. The van der Waals surface area contributed by atoms with E-state index in [0.717, 1.165) is 12.1 Å². The molecule has 0 fully saturated rings. The molecule has 2 aromatic heterocycles. The van der Waals surface area contributed by atoms with Gasteiger partial charge in [-0.2, -0.15) is 18.3 Å². The van der Waals surface area contributed by atoms with Gasteiger partial charge < -0.3 is 5.32 Å². The largest absolute Gasteiger partial charge is 0.416 e. The lowest BCUT2D eigenvalue weighted by atomic mass is 10.2. The molecule has 0 aliphatic carbocycles. The van der Waals surface area contributed by atoms with E-state index in [1.807, 2.05) is 0 Å².